The fourth-order valence-corrected chi connectivity index (χ4v) is 1.53. The number of hydrogen-bond donors (Lipinski definition) is 0. The maximum Gasteiger partial charge on any atom is 0.146 e. The molecule has 1 aliphatic rings. The molecular weight excluding hydrogens is 192 g/mol. The van der Waals surface area contributed by atoms with Crippen molar-refractivity contribution in [1.82, 2.24) is 0 Å². The summed E-state index contributed by atoms with van der Waals surface area (Å²) in [6.07, 6.45) is 0. The Morgan fingerprint density at radius 2 is 1.87 bits per heavy atom. The maximum absolute atomic E-state index is 5.69. The zero-order chi connectivity index (χ0) is 10.6. The minimum Gasteiger partial charge on any atom is -0.493 e. The lowest BCUT2D eigenvalue weighted by molar-refractivity contribution is -0.167. The van der Waals surface area contributed by atoms with Crippen molar-refractivity contribution >= 4 is 0 Å². The molecule has 0 radical (unpaired) electrons. The molecule has 1 aliphatic heterocycles. The van der Waals surface area contributed by atoms with Gasteiger partial charge in [0.25, 0.3) is 0 Å². The van der Waals surface area contributed by atoms with Crippen LogP contribution in [0, 0.1) is 5.41 Å². The first kappa shape index (κ1) is 10.5. The average Bonchev–Trinajstić information content (AvgIpc) is 2.29. The van der Waals surface area contributed by atoms with Gasteiger partial charge in [-0.3, -0.25) is 0 Å². The van der Waals surface area contributed by atoms with Crippen LogP contribution >= 0.6 is 0 Å². The summed E-state index contributed by atoms with van der Waals surface area (Å²) < 4.78 is 16.2. The van der Waals surface area contributed by atoms with Crippen LogP contribution in [0.4, 0.5) is 0 Å². The van der Waals surface area contributed by atoms with E-state index in [4.69, 9.17) is 14.2 Å². The van der Waals surface area contributed by atoms with Gasteiger partial charge >= 0.3 is 0 Å². The molecule has 0 aromatic heterocycles. The van der Waals surface area contributed by atoms with Gasteiger partial charge in [-0.05, 0) is 12.1 Å². The highest BCUT2D eigenvalue weighted by Gasteiger charge is 2.29. The average molecular weight is 208 g/mol. The minimum atomic E-state index is -0.0336. The molecule has 0 bridgehead atoms. The SMILES string of the molecule is CC1(COc2ccccc2)COCOC1. The second kappa shape index (κ2) is 4.64. The van der Waals surface area contributed by atoms with Crippen molar-refractivity contribution < 1.29 is 14.2 Å². The molecular formula is C12H16O3. The molecule has 0 atom stereocenters. The van der Waals surface area contributed by atoms with E-state index in [1.165, 1.54) is 0 Å². The topological polar surface area (TPSA) is 27.7 Å². The molecule has 0 aliphatic carbocycles. The quantitative estimate of drug-likeness (QED) is 0.761. The molecule has 0 saturated carbocycles. The summed E-state index contributed by atoms with van der Waals surface area (Å²) in [4.78, 5) is 0. The maximum atomic E-state index is 5.69. The summed E-state index contributed by atoms with van der Waals surface area (Å²) in [5.74, 6) is 0.893. The van der Waals surface area contributed by atoms with Gasteiger partial charge in [0.05, 0.1) is 19.8 Å². The lowest BCUT2D eigenvalue weighted by Gasteiger charge is -2.32. The predicted octanol–water partition coefficient (Wildman–Crippen LogP) is 2.08. The van der Waals surface area contributed by atoms with Gasteiger partial charge in [0, 0.05) is 5.41 Å². The Morgan fingerprint density at radius 1 is 1.20 bits per heavy atom. The van der Waals surface area contributed by atoms with Crippen LogP contribution in [0.15, 0.2) is 30.3 Å². The predicted molar refractivity (Wildman–Crippen MR) is 56.8 cm³/mol. The summed E-state index contributed by atoms with van der Waals surface area (Å²) in [5, 5.41) is 0. The van der Waals surface area contributed by atoms with E-state index in [1.54, 1.807) is 0 Å². The Morgan fingerprint density at radius 3 is 2.53 bits per heavy atom. The molecule has 1 heterocycles. The summed E-state index contributed by atoms with van der Waals surface area (Å²) in [6, 6.07) is 9.81. The summed E-state index contributed by atoms with van der Waals surface area (Å²) in [6.45, 7) is 4.52. The first-order valence-electron chi connectivity index (χ1n) is 5.12. The molecule has 0 amide bonds. The van der Waals surface area contributed by atoms with Crippen LogP contribution in [-0.4, -0.2) is 26.6 Å². The standard InChI is InChI=1S/C12H16O3/c1-12(7-13-10-14-8-12)9-15-11-5-3-2-4-6-11/h2-6H,7-10H2,1H3. The summed E-state index contributed by atoms with van der Waals surface area (Å²) >= 11 is 0. The molecule has 1 saturated heterocycles. The first-order chi connectivity index (χ1) is 7.29. The molecule has 3 heteroatoms. The van der Waals surface area contributed by atoms with E-state index in [0.29, 0.717) is 26.6 Å². The zero-order valence-electron chi connectivity index (χ0n) is 8.94. The highest BCUT2D eigenvalue weighted by molar-refractivity contribution is 5.21. The van der Waals surface area contributed by atoms with Crippen LogP contribution in [0.2, 0.25) is 0 Å². The van der Waals surface area contributed by atoms with Crippen molar-refractivity contribution in [3.05, 3.63) is 30.3 Å². The lowest BCUT2D eigenvalue weighted by Crippen LogP contribution is -2.39. The van der Waals surface area contributed by atoms with Crippen LogP contribution in [-0.2, 0) is 9.47 Å². The summed E-state index contributed by atoms with van der Waals surface area (Å²) in [5.41, 5.74) is -0.0336. The van der Waals surface area contributed by atoms with Crippen molar-refractivity contribution in [3.8, 4) is 5.75 Å². The van der Waals surface area contributed by atoms with Gasteiger partial charge in [-0.2, -0.15) is 0 Å². The van der Waals surface area contributed by atoms with E-state index < -0.39 is 0 Å². The lowest BCUT2D eigenvalue weighted by atomic mass is 9.94. The van der Waals surface area contributed by atoms with Crippen molar-refractivity contribution in [1.29, 1.82) is 0 Å². The van der Waals surface area contributed by atoms with Crippen molar-refractivity contribution in [2.75, 3.05) is 26.6 Å². The largest absolute Gasteiger partial charge is 0.493 e. The van der Waals surface area contributed by atoms with Crippen LogP contribution in [0.1, 0.15) is 6.92 Å². The van der Waals surface area contributed by atoms with Crippen LogP contribution in [0.3, 0.4) is 0 Å². The third kappa shape index (κ3) is 2.94. The number of rotatable bonds is 3. The van der Waals surface area contributed by atoms with Gasteiger partial charge < -0.3 is 14.2 Å². The monoisotopic (exact) mass is 208 g/mol. The molecule has 15 heavy (non-hydrogen) atoms. The zero-order valence-corrected chi connectivity index (χ0v) is 8.94. The normalized spacial score (nSPS) is 19.8. The molecule has 1 aromatic carbocycles. The van der Waals surface area contributed by atoms with Gasteiger partial charge in [-0.25, -0.2) is 0 Å². The number of benzene rings is 1. The van der Waals surface area contributed by atoms with Gasteiger partial charge in [0.1, 0.15) is 12.5 Å². The molecule has 1 fully saturated rings. The van der Waals surface area contributed by atoms with Crippen LogP contribution < -0.4 is 4.74 Å². The van der Waals surface area contributed by atoms with Gasteiger partial charge in [0.15, 0.2) is 0 Å². The molecule has 0 unspecified atom stereocenters. The van der Waals surface area contributed by atoms with E-state index in [-0.39, 0.29) is 5.41 Å². The minimum absolute atomic E-state index is 0.0336. The fourth-order valence-electron chi connectivity index (χ4n) is 1.53. The molecule has 2 rings (SSSR count). The van der Waals surface area contributed by atoms with E-state index in [9.17, 15) is 0 Å². The van der Waals surface area contributed by atoms with Gasteiger partial charge in [0.2, 0.25) is 0 Å². The highest BCUT2D eigenvalue weighted by Crippen LogP contribution is 2.22. The van der Waals surface area contributed by atoms with Crippen LogP contribution in [0.25, 0.3) is 0 Å². The Balaban J connectivity index is 1.87. The van der Waals surface area contributed by atoms with Gasteiger partial charge in [-0.15, -0.1) is 0 Å². The molecule has 0 spiro atoms. The van der Waals surface area contributed by atoms with E-state index in [2.05, 4.69) is 6.92 Å². The molecule has 82 valence electrons. The van der Waals surface area contributed by atoms with E-state index in [0.717, 1.165) is 5.75 Å². The third-order valence-electron chi connectivity index (χ3n) is 2.40. The number of para-hydroxylation sites is 1. The molecule has 1 aromatic rings. The fraction of sp³-hybridized carbons (Fsp3) is 0.500. The first-order valence-corrected chi connectivity index (χ1v) is 5.12. The summed E-state index contributed by atoms with van der Waals surface area (Å²) in [7, 11) is 0. The second-order valence-electron chi connectivity index (χ2n) is 4.23. The van der Waals surface area contributed by atoms with E-state index in [1.807, 2.05) is 30.3 Å². The Labute approximate surface area is 90.0 Å². The van der Waals surface area contributed by atoms with Crippen molar-refractivity contribution in [3.63, 3.8) is 0 Å². The molecule has 3 nitrogen and oxygen atoms in total. The number of ether oxygens (including phenoxy) is 3. The van der Waals surface area contributed by atoms with Crippen molar-refractivity contribution in [2.24, 2.45) is 5.41 Å². The number of hydrogen-bond acceptors (Lipinski definition) is 3. The van der Waals surface area contributed by atoms with Crippen molar-refractivity contribution in [2.45, 2.75) is 6.92 Å². The smallest absolute Gasteiger partial charge is 0.146 e. The second-order valence-corrected chi connectivity index (χ2v) is 4.23. The Bertz CT molecular complexity index is 291. The molecule has 0 N–H and O–H groups in total. The highest BCUT2D eigenvalue weighted by atomic mass is 16.7. The third-order valence-corrected chi connectivity index (χ3v) is 2.40. The Hall–Kier alpha value is -1.06. The Kier molecular flexibility index (Phi) is 3.23. The van der Waals surface area contributed by atoms with Crippen LogP contribution in [0.5, 0.6) is 5.75 Å². The van der Waals surface area contributed by atoms with E-state index >= 15 is 0 Å². The van der Waals surface area contributed by atoms with Gasteiger partial charge in [-0.1, -0.05) is 25.1 Å².